The second kappa shape index (κ2) is 15.8. The Labute approximate surface area is 303 Å². The minimum Gasteiger partial charge on any atom is -0.468 e. The quantitative estimate of drug-likeness (QED) is 0.196. The van der Waals surface area contributed by atoms with Gasteiger partial charge < -0.3 is 38.5 Å². The molecule has 4 heterocycles. The summed E-state index contributed by atoms with van der Waals surface area (Å²) in [5.74, 6) is 1.03. The van der Waals surface area contributed by atoms with Gasteiger partial charge >= 0.3 is 12.1 Å². The topological polar surface area (TPSA) is 134 Å². The van der Waals surface area contributed by atoms with Crippen LogP contribution in [0.15, 0.2) is 66.7 Å². The molecule has 0 radical (unpaired) electrons. The number of hydrogen-bond donors (Lipinski definition) is 0. The minimum atomic E-state index is -0.456. The molecule has 13 heteroatoms. The number of aromatic nitrogens is 2. The van der Waals surface area contributed by atoms with Crippen LogP contribution in [0.2, 0.25) is 0 Å². The maximum Gasteiger partial charge on any atom is 0.410 e. The van der Waals surface area contributed by atoms with E-state index in [2.05, 4.69) is 22.9 Å². The number of likely N-dealkylation sites (tertiary alicyclic amines) is 1. The van der Waals surface area contributed by atoms with Crippen molar-refractivity contribution >= 4 is 28.6 Å². The van der Waals surface area contributed by atoms with Gasteiger partial charge in [-0.25, -0.2) is 4.79 Å². The average molecular weight is 706 g/mol. The SMILES string of the molecule is COCOc1cc(C(=O)N2Cc3nc(OC[C@@H]4CCCN4C)nc(N4CCN(C(=O)OCc5ccccc5)[C@@H](CC#N)C4)c3C2)c2ccccc2c1. The van der Waals surface area contributed by atoms with E-state index in [0.29, 0.717) is 49.1 Å². The Hall–Kier alpha value is -5.45. The van der Waals surface area contributed by atoms with Crippen LogP contribution in [0.5, 0.6) is 11.8 Å². The largest absolute Gasteiger partial charge is 0.468 e. The van der Waals surface area contributed by atoms with E-state index in [1.807, 2.05) is 60.7 Å². The molecule has 270 valence electrons. The third kappa shape index (κ3) is 7.58. The second-order valence-corrected chi connectivity index (χ2v) is 13.4. The number of ether oxygens (including phenoxy) is 4. The Balaban J connectivity index is 1.15. The number of methoxy groups -OCH3 is 1. The zero-order valence-corrected chi connectivity index (χ0v) is 29.6. The Bertz CT molecular complexity index is 1950. The second-order valence-electron chi connectivity index (χ2n) is 13.4. The van der Waals surface area contributed by atoms with Crippen LogP contribution in [0.1, 0.15) is 46.4 Å². The predicted octanol–water partition coefficient (Wildman–Crippen LogP) is 4.98. The Morgan fingerprint density at radius 3 is 2.58 bits per heavy atom. The van der Waals surface area contributed by atoms with Crippen molar-refractivity contribution in [1.82, 2.24) is 24.7 Å². The first-order valence-corrected chi connectivity index (χ1v) is 17.7. The molecule has 4 aromatic rings. The number of fused-ring (bicyclic) bond motifs is 2. The molecular weight excluding hydrogens is 662 g/mol. The minimum absolute atomic E-state index is 0.0598. The Kier molecular flexibility index (Phi) is 10.7. The van der Waals surface area contributed by atoms with Gasteiger partial charge in [0.1, 0.15) is 24.8 Å². The molecule has 52 heavy (non-hydrogen) atoms. The van der Waals surface area contributed by atoms with Gasteiger partial charge in [0, 0.05) is 38.3 Å². The maximum absolute atomic E-state index is 14.3. The summed E-state index contributed by atoms with van der Waals surface area (Å²) in [5, 5.41) is 11.5. The van der Waals surface area contributed by atoms with Crippen molar-refractivity contribution in [1.29, 1.82) is 5.26 Å². The summed E-state index contributed by atoms with van der Waals surface area (Å²) in [4.78, 5) is 45.2. The number of nitriles is 1. The molecule has 0 unspecified atom stereocenters. The normalized spacial score (nSPS) is 18.7. The first-order chi connectivity index (χ1) is 25.4. The zero-order chi connectivity index (χ0) is 36.0. The van der Waals surface area contributed by atoms with Crippen LogP contribution >= 0.6 is 0 Å². The highest BCUT2D eigenvalue weighted by Gasteiger charge is 2.37. The van der Waals surface area contributed by atoms with Crippen LogP contribution in [0.3, 0.4) is 0 Å². The van der Waals surface area contributed by atoms with E-state index in [1.54, 1.807) is 23.0 Å². The predicted molar refractivity (Wildman–Crippen MR) is 193 cm³/mol. The van der Waals surface area contributed by atoms with Crippen molar-refractivity contribution in [2.24, 2.45) is 0 Å². The molecule has 7 rings (SSSR count). The number of hydrogen-bond acceptors (Lipinski definition) is 11. The van der Waals surface area contributed by atoms with Gasteiger partial charge in [0.05, 0.1) is 42.9 Å². The van der Waals surface area contributed by atoms with E-state index in [4.69, 9.17) is 28.9 Å². The number of carbonyl (C=O) groups excluding carboxylic acids is 2. The summed E-state index contributed by atoms with van der Waals surface area (Å²) in [7, 11) is 3.65. The fourth-order valence-electron chi connectivity index (χ4n) is 7.26. The third-order valence-electron chi connectivity index (χ3n) is 10.1. The first-order valence-electron chi connectivity index (χ1n) is 17.7. The number of amides is 2. The number of anilines is 1. The smallest absolute Gasteiger partial charge is 0.410 e. The molecule has 0 spiro atoms. The summed E-state index contributed by atoms with van der Waals surface area (Å²) in [5.41, 5.74) is 2.95. The third-order valence-corrected chi connectivity index (χ3v) is 10.1. The lowest BCUT2D eigenvalue weighted by Gasteiger charge is -2.41. The van der Waals surface area contributed by atoms with Crippen LogP contribution in [0.4, 0.5) is 10.6 Å². The maximum atomic E-state index is 14.3. The van der Waals surface area contributed by atoms with Gasteiger partial charge in [-0.2, -0.15) is 15.2 Å². The molecule has 2 amide bonds. The molecule has 0 bridgehead atoms. The highest BCUT2D eigenvalue weighted by atomic mass is 16.7. The molecule has 2 saturated heterocycles. The molecule has 3 aromatic carbocycles. The molecule has 0 saturated carbocycles. The first kappa shape index (κ1) is 35.0. The van der Waals surface area contributed by atoms with Crippen molar-refractivity contribution in [3.63, 3.8) is 0 Å². The summed E-state index contributed by atoms with van der Waals surface area (Å²) in [6, 6.07) is 23.2. The summed E-state index contributed by atoms with van der Waals surface area (Å²) < 4.78 is 22.8. The number of piperazine rings is 1. The van der Waals surface area contributed by atoms with E-state index in [1.165, 1.54) is 0 Å². The number of nitrogens with zero attached hydrogens (tertiary/aromatic N) is 7. The van der Waals surface area contributed by atoms with E-state index < -0.39 is 12.1 Å². The molecule has 1 aromatic heterocycles. The lowest BCUT2D eigenvalue weighted by atomic mass is 10.0. The molecule has 3 aliphatic heterocycles. The van der Waals surface area contributed by atoms with E-state index in [9.17, 15) is 14.9 Å². The number of carbonyl (C=O) groups is 2. The summed E-state index contributed by atoms with van der Waals surface area (Å²) >= 11 is 0. The van der Waals surface area contributed by atoms with Crippen LogP contribution in [0, 0.1) is 11.3 Å². The van der Waals surface area contributed by atoms with Crippen molar-refractivity contribution in [3.05, 3.63) is 89.1 Å². The Morgan fingerprint density at radius 1 is 0.962 bits per heavy atom. The van der Waals surface area contributed by atoms with E-state index in [0.717, 1.165) is 41.3 Å². The van der Waals surface area contributed by atoms with Gasteiger partial charge in [-0.1, -0.05) is 54.6 Å². The van der Waals surface area contributed by atoms with Crippen LogP contribution in [0.25, 0.3) is 10.8 Å². The van der Waals surface area contributed by atoms with E-state index in [-0.39, 0.29) is 50.9 Å². The van der Waals surface area contributed by atoms with Crippen molar-refractivity contribution < 1.29 is 28.5 Å². The van der Waals surface area contributed by atoms with Crippen LogP contribution < -0.4 is 14.4 Å². The fourth-order valence-corrected chi connectivity index (χ4v) is 7.26. The highest BCUT2D eigenvalue weighted by molar-refractivity contribution is 6.08. The molecule has 2 fully saturated rings. The molecule has 0 N–H and O–H groups in total. The van der Waals surface area contributed by atoms with Gasteiger partial charge in [0.2, 0.25) is 0 Å². The molecule has 3 aliphatic rings. The molecule has 0 aliphatic carbocycles. The number of benzene rings is 3. The van der Waals surface area contributed by atoms with Gasteiger partial charge in [-0.15, -0.1) is 0 Å². The molecule has 13 nitrogen and oxygen atoms in total. The molecular formula is C39H43N7O6. The van der Waals surface area contributed by atoms with Crippen molar-refractivity contribution in [3.8, 4) is 17.8 Å². The van der Waals surface area contributed by atoms with Gasteiger partial charge in [0.25, 0.3) is 5.91 Å². The standard InChI is InChI=1S/C39H43N7O6/c1-43-16-8-12-30(43)25-50-38-41-35-23-45(37(47)33-20-31(52-26-49-2)19-28-11-6-7-13-32(28)33)22-34(35)36(42-38)44-17-18-46(29(21-44)14-15-40)39(48)51-24-27-9-4-3-5-10-27/h3-7,9-11,13,19-20,29-30H,8,12,14,16-18,21-26H2,1-2H3/t29-,30-/m0/s1. The van der Waals surface area contributed by atoms with Crippen LogP contribution in [-0.2, 0) is 29.2 Å². The Morgan fingerprint density at radius 2 is 1.79 bits per heavy atom. The van der Waals surface area contributed by atoms with Crippen molar-refractivity contribution in [2.45, 2.75) is 51.0 Å². The lowest BCUT2D eigenvalue weighted by Crippen LogP contribution is -2.55. The van der Waals surface area contributed by atoms with Gasteiger partial charge in [0.15, 0.2) is 6.79 Å². The lowest BCUT2D eigenvalue weighted by molar-refractivity contribution is 0.0510. The summed E-state index contributed by atoms with van der Waals surface area (Å²) in [6.07, 6.45) is 1.82. The highest BCUT2D eigenvalue weighted by Crippen LogP contribution is 2.35. The average Bonchev–Trinajstić information content (AvgIpc) is 3.80. The van der Waals surface area contributed by atoms with Gasteiger partial charge in [-0.05, 0) is 54.9 Å². The van der Waals surface area contributed by atoms with Gasteiger partial charge in [-0.3, -0.25) is 4.79 Å². The van der Waals surface area contributed by atoms with Crippen molar-refractivity contribution in [2.75, 3.05) is 58.6 Å². The fraction of sp³-hybridized carbons (Fsp3) is 0.410. The van der Waals surface area contributed by atoms with Crippen LogP contribution in [-0.4, -0.2) is 102 Å². The number of likely N-dealkylation sites (N-methyl/N-ethyl adjacent to an activating group) is 1. The van der Waals surface area contributed by atoms with E-state index >= 15 is 0 Å². The summed E-state index contributed by atoms with van der Waals surface area (Å²) in [6.45, 7) is 3.39. The number of rotatable bonds is 11. The monoisotopic (exact) mass is 705 g/mol. The molecule has 2 atom stereocenters. The zero-order valence-electron chi connectivity index (χ0n) is 29.6.